The molecular weight excluding hydrogens is 422 g/mol. The van der Waals surface area contributed by atoms with Gasteiger partial charge in [-0.2, -0.15) is 0 Å². The summed E-state index contributed by atoms with van der Waals surface area (Å²) in [6.07, 6.45) is 2.96. The lowest BCUT2D eigenvalue weighted by Crippen LogP contribution is -2.28. The van der Waals surface area contributed by atoms with Crippen molar-refractivity contribution in [1.29, 1.82) is 0 Å². The molecule has 1 unspecified atom stereocenters. The van der Waals surface area contributed by atoms with Gasteiger partial charge >= 0.3 is 5.97 Å². The third kappa shape index (κ3) is 4.22. The van der Waals surface area contributed by atoms with Gasteiger partial charge in [-0.1, -0.05) is 24.3 Å². The van der Waals surface area contributed by atoms with Crippen molar-refractivity contribution >= 4 is 27.7 Å². The summed E-state index contributed by atoms with van der Waals surface area (Å²) in [5, 5.41) is 16.7. The first-order valence-electron chi connectivity index (χ1n) is 10.7. The van der Waals surface area contributed by atoms with Gasteiger partial charge < -0.3 is 30.0 Å². The normalized spacial score (nSPS) is 12.4. The monoisotopic (exact) mass is 449 g/mol. The molecule has 0 saturated heterocycles. The Hall–Kier alpha value is -3.62. The number of rotatable bonds is 8. The summed E-state index contributed by atoms with van der Waals surface area (Å²) in [6, 6.07) is 10.5. The maximum Gasteiger partial charge on any atom is 0.341 e. The maximum absolute atomic E-state index is 12.6. The van der Waals surface area contributed by atoms with Crippen LogP contribution in [-0.2, 0) is 4.74 Å². The SMILES string of the molecule is COC(=O)c1coc2c1c(C(NCCN)c1ccnc(OC(C)C)c1)c(O)c1ccccc12. The summed E-state index contributed by atoms with van der Waals surface area (Å²) in [4.78, 5) is 16.9. The molecular formula is C25H27N3O5. The minimum atomic E-state index is -0.555. The number of nitrogens with zero attached hydrogens (tertiary/aromatic N) is 1. The third-order valence-corrected chi connectivity index (χ3v) is 5.38. The molecule has 0 aliphatic rings. The molecule has 8 heteroatoms. The van der Waals surface area contributed by atoms with Crippen LogP contribution in [-0.4, -0.2) is 42.4 Å². The standard InChI is InChI=1S/C25H27N3O5/c1-14(2)33-19-12-15(8-10-27-19)22(28-11-9-26)21-20-18(25(30)31-3)13-32-24(20)17-7-5-4-6-16(17)23(21)29/h4-8,10,12-14,22,28-29H,9,11,26H2,1-3H3. The zero-order chi connectivity index (χ0) is 23.5. The number of pyridine rings is 1. The molecule has 8 nitrogen and oxygen atoms in total. The van der Waals surface area contributed by atoms with Crippen molar-refractivity contribution in [2.45, 2.75) is 26.0 Å². The van der Waals surface area contributed by atoms with E-state index in [-0.39, 0.29) is 17.4 Å². The Labute approximate surface area is 191 Å². The molecule has 172 valence electrons. The minimum Gasteiger partial charge on any atom is -0.507 e. The quantitative estimate of drug-likeness (QED) is 0.347. The number of carbonyl (C=O) groups is 1. The predicted octanol–water partition coefficient (Wildman–Crippen LogP) is 3.90. The zero-order valence-corrected chi connectivity index (χ0v) is 18.8. The number of furan rings is 1. The first-order valence-corrected chi connectivity index (χ1v) is 10.7. The van der Waals surface area contributed by atoms with Crippen molar-refractivity contribution in [2.24, 2.45) is 5.73 Å². The number of ether oxygens (including phenoxy) is 2. The number of nitrogens with two attached hydrogens (primary N) is 1. The predicted molar refractivity (Wildman–Crippen MR) is 126 cm³/mol. The molecule has 0 spiro atoms. The fraction of sp³-hybridized carbons (Fsp3) is 0.280. The van der Waals surface area contributed by atoms with Crippen molar-refractivity contribution in [2.75, 3.05) is 20.2 Å². The third-order valence-electron chi connectivity index (χ3n) is 5.38. The van der Waals surface area contributed by atoms with E-state index in [1.165, 1.54) is 13.4 Å². The van der Waals surface area contributed by atoms with E-state index < -0.39 is 12.0 Å². The maximum atomic E-state index is 12.6. The van der Waals surface area contributed by atoms with Gasteiger partial charge in [0, 0.05) is 47.1 Å². The van der Waals surface area contributed by atoms with Crippen LogP contribution in [0.1, 0.15) is 41.4 Å². The van der Waals surface area contributed by atoms with Gasteiger partial charge in [-0.25, -0.2) is 9.78 Å². The van der Waals surface area contributed by atoms with Crippen molar-refractivity contribution in [3.8, 4) is 11.6 Å². The van der Waals surface area contributed by atoms with Crippen molar-refractivity contribution < 1.29 is 23.8 Å². The highest BCUT2D eigenvalue weighted by Gasteiger charge is 2.29. The van der Waals surface area contributed by atoms with Crippen LogP contribution in [0.5, 0.6) is 11.6 Å². The molecule has 2 aromatic carbocycles. The lowest BCUT2D eigenvalue weighted by atomic mass is 9.90. The van der Waals surface area contributed by atoms with Gasteiger partial charge in [0.2, 0.25) is 5.88 Å². The summed E-state index contributed by atoms with van der Waals surface area (Å²) < 4.78 is 16.6. The van der Waals surface area contributed by atoms with E-state index in [2.05, 4.69) is 10.3 Å². The minimum absolute atomic E-state index is 0.0438. The summed E-state index contributed by atoms with van der Waals surface area (Å²) in [5.74, 6) is -0.0536. The van der Waals surface area contributed by atoms with E-state index in [0.29, 0.717) is 46.3 Å². The first kappa shape index (κ1) is 22.6. The van der Waals surface area contributed by atoms with Gasteiger partial charge in [-0.05, 0) is 25.5 Å². The Morgan fingerprint density at radius 1 is 1.24 bits per heavy atom. The van der Waals surface area contributed by atoms with Crippen LogP contribution in [0.3, 0.4) is 0 Å². The second-order valence-corrected chi connectivity index (χ2v) is 7.92. The molecule has 33 heavy (non-hydrogen) atoms. The molecule has 2 heterocycles. The van der Waals surface area contributed by atoms with Gasteiger partial charge in [0.25, 0.3) is 0 Å². The second-order valence-electron chi connectivity index (χ2n) is 7.92. The average molecular weight is 450 g/mol. The average Bonchev–Trinajstić information content (AvgIpc) is 3.25. The van der Waals surface area contributed by atoms with E-state index in [1.807, 2.05) is 50.2 Å². The number of methoxy groups -OCH3 is 1. The van der Waals surface area contributed by atoms with Gasteiger partial charge in [0.1, 0.15) is 23.2 Å². The molecule has 2 aromatic heterocycles. The molecule has 0 amide bonds. The summed E-state index contributed by atoms with van der Waals surface area (Å²) >= 11 is 0. The number of benzene rings is 2. The van der Waals surface area contributed by atoms with Crippen LogP contribution >= 0.6 is 0 Å². The van der Waals surface area contributed by atoms with Crippen LogP contribution in [0, 0.1) is 0 Å². The summed E-state index contributed by atoms with van der Waals surface area (Å²) in [6.45, 7) is 4.69. The molecule has 0 bridgehead atoms. The van der Waals surface area contributed by atoms with Crippen molar-refractivity contribution in [3.63, 3.8) is 0 Å². The number of esters is 1. The van der Waals surface area contributed by atoms with Gasteiger partial charge in [0.15, 0.2) is 0 Å². The van der Waals surface area contributed by atoms with Crippen molar-refractivity contribution in [3.05, 3.63) is 65.5 Å². The second kappa shape index (κ2) is 9.48. The highest BCUT2D eigenvalue weighted by atomic mass is 16.5. The Bertz CT molecular complexity index is 1300. The number of phenols is 1. The molecule has 0 saturated carbocycles. The van der Waals surface area contributed by atoms with Crippen LogP contribution in [0.15, 0.2) is 53.3 Å². The molecule has 0 radical (unpaired) electrons. The Morgan fingerprint density at radius 3 is 2.70 bits per heavy atom. The topological polar surface area (TPSA) is 120 Å². The fourth-order valence-corrected chi connectivity index (χ4v) is 4.04. The number of nitrogens with one attached hydrogen (secondary N) is 1. The van der Waals surface area contributed by atoms with E-state index in [4.69, 9.17) is 19.6 Å². The smallest absolute Gasteiger partial charge is 0.341 e. The number of aromatic hydroxyl groups is 1. The van der Waals surface area contributed by atoms with E-state index in [0.717, 1.165) is 5.56 Å². The number of aromatic nitrogens is 1. The van der Waals surface area contributed by atoms with Gasteiger partial charge in [0.05, 0.1) is 19.3 Å². The highest BCUT2D eigenvalue weighted by molar-refractivity contribution is 6.16. The van der Waals surface area contributed by atoms with Gasteiger partial charge in [-0.3, -0.25) is 0 Å². The molecule has 4 aromatic rings. The number of hydrogen-bond acceptors (Lipinski definition) is 8. The van der Waals surface area contributed by atoms with Crippen LogP contribution < -0.4 is 15.8 Å². The number of fused-ring (bicyclic) bond motifs is 3. The highest BCUT2D eigenvalue weighted by Crippen LogP contribution is 2.44. The molecule has 1 atom stereocenters. The molecule has 4 N–H and O–H groups in total. The lowest BCUT2D eigenvalue weighted by molar-refractivity contribution is 0.0602. The van der Waals surface area contributed by atoms with Crippen LogP contribution in [0.25, 0.3) is 21.7 Å². The lowest BCUT2D eigenvalue weighted by Gasteiger charge is -2.23. The summed E-state index contributed by atoms with van der Waals surface area (Å²) in [7, 11) is 1.31. The van der Waals surface area contributed by atoms with E-state index in [9.17, 15) is 9.90 Å². The largest absolute Gasteiger partial charge is 0.507 e. The Kier molecular flexibility index (Phi) is 6.48. The molecule has 0 aliphatic heterocycles. The summed E-state index contributed by atoms with van der Waals surface area (Å²) in [5.41, 5.74) is 7.80. The number of carbonyl (C=O) groups excluding carboxylic acids is 1. The Morgan fingerprint density at radius 2 is 2.00 bits per heavy atom. The van der Waals surface area contributed by atoms with Crippen LogP contribution in [0.2, 0.25) is 0 Å². The molecule has 0 aliphatic carbocycles. The van der Waals surface area contributed by atoms with Gasteiger partial charge in [-0.15, -0.1) is 0 Å². The fourth-order valence-electron chi connectivity index (χ4n) is 4.04. The first-order chi connectivity index (χ1) is 16.0. The van der Waals surface area contributed by atoms with E-state index in [1.54, 1.807) is 6.20 Å². The van der Waals surface area contributed by atoms with Crippen LogP contribution in [0.4, 0.5) is 0 Å². The number of hydrogen-bond donors (Lipinski definition) is 3. The van der Waals surface area contributed by atoms with Crippen molar-refractivity contribution in [1.82, 2.24) is 10.3 Å². The molecule has 4 rings (SSSR count). The molecule has 0 fully saturated rings. The van der Waals surface area contributed by atoms with E-state index >= 15 is 0 Å². The zero-order valence-electron chi connectivity index (χ0n) is 18.8. The number of phenolic OH excluding ortho intramolecular Hbond substituents is 1. The Balaban J connectivity index is 2.03.